The molecule has 27 heavy (non-hydrogen) atoms. The van der Waals surface area contributed by atoms with Crippen LogP contribution in [0.5, 0.6) is 0 Å². The van der Waals surface area contributed by atoms with Crippen LogP contribution in [0.3, 0.4) is 0 Å². The van der Waals surface area contributed by atoms with Crippen molar-refractivity contribution in [2.75, 3.05) is 0 Å². The molecule has 1 unspecified atom stereocenters. The molecule has 1 aromatic rings. The number of aliphatic carboxylic acids is 1. The summed E-state index contributed by atoms with van der Waals surface area (Å²) in [7, 11) is 0. The zero-order valence-electron chi connectivity index (χ0n) is 16.9. The summed E-state index contributed by atoms with van der Waals surface area (Å²) < 4.78 is 0. The lowest BCUT2D eigenvalue weighted by Gasteiger charge is -2.38. The maximum absolute atomic E-state index is 11.4. The lowest BCUT2D eigenvalue weighted by molar-refractivity contribution is -0.142. The SMILES string of the molecule is C=CC(C(=O)O)[C@H]1CC[C@H]([C@H]2CC[C@H](c3ccc(CCC)cc3)CC2)CC1. The molecule has 0 heterocycles. The molecule has 1 aromatic carbocycles. The topological polar surface area (TPSA) is 37.3 Å². The molecule has 0 radical (unpaired) electrons. The first-order valence-corrected chi connectivity index (χ1v) is 11.1. The maximum atomic E-state index is 11.4. The first-order valence-electron chi connectivity index (χ1n) is 11.1. The van der Waals surface area contributed by atoms with E-state index in [2.05, 4.69) is 37.8 Å². The second-order valence-electron chi connectivity index (χ2n) is 8.88. The van der Waals surface area contributed by atoms with E-state index in [9.17, 15) is 9.90 Å². The normalized spacial score (nSPS) is 29.8. The van der Waals surface area contributed by atoms with Gasteiger partial charge in [-0.1, -0.05) is 43.7 Å². The Hall–Kier alpha value is -1.57. The van der Waals surface area contributed by atoms with Gasteiger partial charge < -0.3 is 5.11 Å². The molecule has 2 aliphatic rings. The molecule has 2 saturated carbocycles. The van der Waals surface area contributed by atoms with Crippen molar-refractivity contribution in [3.8, 4) is 0 Å². The zero-order chi connectivity index (χ0) is 19.2. The van der Waals surface area contributed by atoms with Crippen molar-refractivity contribution in [2.24, 2.45) is 23.7 Å². The molecular weight excluding hydrogens is 332 g/mol. The molecule has 2 nitrogen and oxygen atoms in total. The largest absolute Gasteiger partial charge is 0.481 e. The van der Waals surface area contributed by atoms with Crippen LogP contribution in [-0.4, -0.2) is 11.1 Å². The molecule has 0 aromatic heterocycles. The summed E-state index contributed by atoms with van der Waals surface area (Å²) in [6, 6.07) is 9.38. The Bertz CT molecular complexity index is 602. The van der Waals surface area contributed by atoms with E-state index in [1.54, 1.807) is 6.08 Å². The molecule has 1 atom stereocenters. The molecule has 1 N–H and O–H groups in total. The summed E-state index contributed by atoms with van der Waals surface area (Å²) in [5, 5.41) is 9.35. The van der Waals surface area contributed by atoms with Gasteiger partial charge in [0.2, 0.25) is 0 Å². The van der Waals surface area contributed by atoms with Crippen LogP contribution >= 0.6 is 0 Å². The van der Waals surface area contributed by atoms with E-state index in [1.807, 2.05) is 0 Å². The van der Waals surface area contributed by atoms with Gasteiger partial charge in [-0.15, -0.1) is 6.58 Å². The third kappa shape index (κ3) is 5.03. The third-order valence-electron chi connectivity index (χ3n) is 7.29. The van der Waals surface area contributed by atoms with Crippen LogP contribution in [0.2, 0.25) is 0 Å². The van der Waals surface area contributed by atoms with Gasteiger partial charge in [-0.25, -0.2) is 0 Å². The van der Waals surface area contributed by atoms with Gasteiger partial charge in [0.25, 0.3) is 0 Å². The molecule has 0 aliphatic heterocycles. The average molecular weight is 369 g/mol. The van der Waals surface area contributed by atoms with Crippen LogP contribution in [0.4, 0.5) is 0 Å². The van der Waals surface area contributed by atoms with Gasteiger partial charge in [0.15, 0.2) is 0 Å². The quantitative estimate of drug-likeness (QED) is 0.550. The summed E-state index contributed by atoms with van der Waals surface area (Å²) in [6.07, 6.45) is 13.9. The number of carbonyl (C=O) groups is 1. The Kier molecular flexibility index (Phi) is 7.15. The number of aryl methyl sites for hydroxylation is 1. The lowest BCUT2D eigenvalue weighted by Crippen LogP contribution is -2.30. The summed E-state index contributed by atoms with van der Waals surface area (Å²) in [5.74, 6) is 1.66. The first kappa shape index (κ1) is 20.2. The van der Waals surface area contributed by atoms with Crippen LogP contribution in [-0.2, 0) is 11.2 Å². The Morgan fingerprint density at radius 3 is 2.07 bits per heavy atom. The van der Waals surface area contributed by atoms with E-state index in [1.165, 1.54) is 62.5 Å². The van der Waals surface area contributed by atoms with Gasteiger partial charge in [0.1, 0.15) is 0 Å². The van der Waals surface area contributed by atoms with E-state index >= 15 is 0 Å². The summed E-state index contributed by atoms with van der Waals surface area (Å²) in [4.78, 5) is 11.4. The molecular formula is C25H36O2. The van der Waals surface area contributed by atoms with Crippen molar-refractivity contribution < 1.29 is 9.90 Å². The van der Waals surface area contributed by atoms with E-state index in [4.69, 9.17) is 0 Å². The fourth-order valence-electron chi connectivity index (χ4n) is 5.64. The monoisotopic (exact) mass is 368 g/mol. The minimum absolute atomic E-state index is 0.300. The second-order valence-corrected chi connectivity index (χ2v) is 8.88. The Morgan fingerprint density at radius 1 is 1.04 bits per heavy atom. The molecule has 0 spiro atoms. The number of carboxylic acids is 1. The second kappa shape index (κ2) is 9.57. The predicted octanol–water partition coefficient (Wildman–Crippen LogP) is 6.61. The van der Waals surface area contributed by atoms with Gasteiger partial charge in [0, 0.05) is 0 Å². The van der Waals surface area contributed by atoms with E-state index in [0.717, 1.165) is 30.6 Å². The van der Waals surface area contributed by atoms with Crippen LogP contribution in [0.15, 0.2) is 36.9 Å². The van der Waals surface area contributed by atoms with Crippen molar-refractivity contribution in [3.63, 3.8) is 0 Å². The molecule has 3 rings (SSSR count). The number of hydrogen-bond acceptors (Lipinski definition) is 1. The van der Waals surface area contributed by atoms with Gasteiger partial charge in [-0.05, 0) is 92.6 Å². The fourth-order valence-corrected chi connectivity index (χ4v) is 5.64. The average Bonchev–Trinajstić information content (AvgIpc) is 2.70. The maximum Gasteiger partial charge on any atom is 0.310 e. The molecule has 0 amide bonds. The van der Waals surface area contributed by atoms with Gasteiger partial charge in [-0.2, -0.15) is 0 Å². The van der Waals surface area contributed by atoms with Crippen LogP contribution in [0.1, 0.15) is 81.8 Å². The predicted molar refractivity (Wildman–Crippen MR) is 112 cm³/mol. The van der Waals surface area contributed by atoms with Crippen LogP contribution in [0, 0.1) is 23.7 Å². The fraction of sp³-hybridized carbons (Fsp3) is 0.640. The highest BCUT2D eigenvalue weighted by Crippen LogP contribution is 2.45. The number of benzene rings is 1. The van der Waals surface area contributed by atoms with Gasteiger partial charge >= 0.3 is 5.97 Å². The highest BCUT2D eigenvalue weighted by atomic mass is 16.4. The Balaban J connectivity index is 1.47. The minimum atomic E-state index is -0.695. The van der Waals surface area contributed by atoms with E-state index < -0.39 is 5.97 Å². The Morgan fingerprint density at radius 2 is 1.59 bits per heavy atom. The first-order chi connectivity index (χ1) is 13.1. The van der Waals surface area contributed by atoms with Crippen LogP contribution < -0.4 is 0 Å². The van der Waals surface area contributed by atoms with Gasteiger partial charge in [-0.3, -0.25) is 4.79 Å². The zero-order valence-corrected chi connectivity index (χ0v) is 16.9. The molecule has 2 aliphatic carbocycles. The van der Waals surface area contributed by atoms with E-state index in [0.29, 0.717) is 5.92 Å². The highest BCUT2D eigenvalue weighted by Gasteiger charge is 2.34. The minimum Gasteiger partial charge on any atom is -0.481 e. The Labute approximate surface area is 165 Å². The number of carboxylic acid groups (broad SMARTS) is 1. The van der Waals surface area contributed by atoms with Crippen molar-refractivity contribution in [1.82, 2.24) is 0 Å². The lowest BCUT2D eigenvalue weighted by atomic mass is 9.67. The molecule has 0 bridgehead atoms. The molecule has 2 heteroatoms. The van der Waals surface area contributed by atoms with Crippen molar-refractivity contribution in [1.29, 1.82) is 0 Å². The summed E-state index contributed by atoms with van der Waals surface area (Å²) >= 11 is 0. The van der Waals surface area contributed by atoms with Crippen molar-refractivity contribution in [2.45, 2.75) is 77.0 Å². The summed E-state index contributed by atoms with van der Waals surface area (Å²) in [6.45, 7) is 5.98. The van der Waals surface area contributed by atoms with Gasteiger partial charge in [0.05, 0.1) is 5.92 Å². The standard InChI is InChI=1S/C25H36O2/c1-3-5-18-6-8-19(9-7-18)20-10-12-21(13-11-20)22-14-16-23(17-15-22)24(4-2)25(26)27/h4,6-9,20-24H,2-3,5,10-17H2,1H3,(H,26,27)/t20-,21-,22-,23-,24?. The smallest absolute Gasteiger partial charge is 0.310 e. The van der Waals surface area contributed by atoms with Crippen LogP contribution in [0.25, 0.3) is 0 Å². The molecule has 0 saturated heterocycles. The van der Waals surface area contributed by atoms with Crippen molar-refractivity contribution >= 4 is 5.97 Å². The number of rotatable bonds is 7. The number of hydrogen-bond donors (Lipinski definition) is 1. The third-order valence-corrected chi connectivity index (χ3v) is 7.29. The summed E-state index contributed by atoms with van der Waals surface area (Å²) in [5.41, 5.74) is 3.00. The van der Waals surface area contributed by atoms with E-state index in [-0.39, 0.29) is 5.92 Å². The highest BCUT2D eigenvalue weighted by molar-refractivity contribution is 5.72. The molecule has 148 valence electrons. The van der Waals surface area contributed by atoms with Crippen molar-refractivity contribution in [3.05, 3.63) is 48.0 Å². The molecule has 2 fully saturated rings.